The van der Waals surface area contributed by atoms with Gasteiger partial charge in [0.25, 0.3) is 0 Å². The number of alkyl carbamates (subject to hydrolysis) is 1. The third-order valence-electron chi connectivity index (χ3n) is 7.36. The number of unbranched alkanes of at least 4 members (excludes halogenated alkanes) is 3. The molecule has 0 saturated carbocycles. The number of esters is 1. The van der Waals surface area contributed by atoms with Gasteiger partial charge in [0.15, 0.2) is 0 Å². The fourth-order valence-electron chi connectivity index (χ4n) is 5.03. The van der Waals surface area contributed by atoms with Gasteiger partial charge in [0.05, 0.1) is 7.11 Å². The number of benzene rings is 2. The van der Waals surface area contributed by atoms with Crippen LogP contribution in [0, 0.1) is 5.92 Å². The third kappa shape index (κ3) is 16.4. The van der Waals surface area contributed by atoms with Gasteiger partial charge in [-0.05, 0) is 57.1 Å². The zero-order valence-electron chi connectivity index (χ0n) is 29.3. The summed E-state index contributed by atoms with van der Waals surface area (Å²) >= 11 is 0. The van der Waals surface area contributed by atoms with Gasteiger partial charge in [-0.15, -0.1) is 0 Å². The Bertz CT molecular complexity index is 1300. The number of ether oxygens (including phenoxy) is 2. The number of carbonyl (C=O) groups is 5. The highest BCUT2D eigenvalue weighted by Gasteiger charge is 2.30. The van der Waals surface area contributed by atoms with E-state index in [1.807, 2.05) is 95.3 Å². The van der Waals surface area contributed by atoms with Crippen LogP contribution in [0.4, 0.5) is 4.79 Å². The van der Waals surface area contributed by atoms with Crippen LogP contribution in [0.5, 0.6) is 0 Å². The van der Waals surface area contributed by atoms with Crippen molar-refractivity contribution in [1.29, 1.82) is 0 Å². The molecule has 0 bridgehead atoms. The molecule has 2 aromatic rings. The molecule has 264 valence electrons. The van der Waals surface area contributed by atoms with Crippen molar-refractivity contribution in [2.45, 2.75) is 110 Å². The highest BCUT2D eigenvalue weighted by molar-refractivity contribution is 5.93. The smallest absolute Gasteiger partial charge is 0.407 e. The van der Waals surface area contributed by atoms with E-state index in [-0.39, 0.29) is 31.1 Å². The molecule has 48 heavy (non-hydrogen) atoms. The Kier molecular flexibility index (Phi) is 17.2. The van der Waals surface area contributed by atoms with Crippen LogP contribution in [0.2, 0.25) is 0 Å². The average Bonchev–Trinajstić information content (AvgIpc) is 3.02. The van der Waals surface area contributed by atoms with Crippen LogP contribution in [-0.4, -0.2) is 67.2 Å². The first kappa shape index (κ1) is 39.8. The standard InChI is InChI=1S/C37H54N4O7/c1-26(2)23-29(33(43)41-31(35(45)47-6)25-28-19-13-10-14-20-28)40-34(44)30(24-27-17-11-9-12-18-27)39-32(42)21-15-7-8-16-22-38-36(46)48-37(3,4)5/h9-14,17-20,26,29-31H,7-8,15-16,21-25H2,1-6H3,(H,38,46)(H,39,42)(H,40,44)(H,41,43)/t29-,30-,31-/m0/s1. The number of amides is 4. The van der Waals surface area contributed by atoms with Crippen LogP contribution in [-0.2, 0) is 41.5 Å². The van der Waals surface area contributed by atoms with Crippen molar-refractivity contribution in [3.63, 3.8) is 0 Å². The van der Waals surface area contributed by atoms with Gasteiger partial charge >= 0.3 is 12.1 Å². The number of hydrogen-bond acceptors (Lipinski definition) is 7. The zero-order valence-corrected chi connectivity index (χ0v) is 29.3. The van der Waals surface area contributed by atoms with Crippen molar-refractivity contribution in [3.05, 3.63) is 71.8 Å². The van der Waals surface area contributed by atoms with Crippen LogP contribution in [0.15, 0.2) is 60.7 Å². The predicted molar refractivity (Wildman–Crippen MR) is 185 cm³/mol. The predicted octanol–water partition coefficient (Wildman–Crippen LogP) is 4.62. The van der Waals surface area contributed by atoms with E-state index in [1.165, 1.54) is 7.11 Å². The van der Waals surface area contributed by atoms with E-state index >= 15 is 0 Å². The Balaban J connectivity index is 2.02. The highest BCUT2D eigenvalue weighted by atomic mass is 16.6. The van der Waals surface area contributed by atoms with Crippen molar-refractivity contribution in [3.8, 4) is 0 Å². The van der Waals surface area contributed by atoms with E-state index in [2.05, 4.69) is 21.3 Å². The molecule has 2 rings (SSSR count). The summed E-state index contributed by atoms with van der Waals surface area (Å²) in [5, 5.41) is 11.2. The molecule has 4 amide bonds. The minimum atomic E-state index is -0.940. The minimum absolute atomic E-state index is 0.0493. The Morgan fingerprint density at radius 2 is 1.21 bits per heavy atom. The largest absolute Gasteiger partial charge is 0.467 e. The number of hydrogen-bond donors (Lipinski definition) is 4. The quantitative estimate of drug-likeness (QED) is 0.126. The lowest BCUT2D eigenvalue weighted by molar-refractivity contribution is -0.145. The molecule has 0 aliphatic carbocycles. The average molecular weight is 667 g/mol. The number of methoxy groups -OCH3 is 1. The molecule has 0 saturated heterocycles. The monoisotopic (exact) mass is 666 g/mol. The van der Waals surface area contributed by atoms with Crippen LogP contribution < -0.4 is 21.3 Å². The Hall–Kier alpha value is -4.41. The van der Waals surface area contributed by atoms with Crippen LogP contribution in [0.3, 0.4) is 0 Å². The third-order valence-corrected chi connectivity index (χ3v) is 7.36. The molecule has 0 radical (unpaired) electrons. The summed E-state index contributed by atoms with van der Waals surface area (Å²) in [6, 6.07) is 15.8. The van der Waals surface area contributed by atoms with Gasteiger partial charge in [-0.2, -0.15) is 0 Å². The lowest BCUT2D eigenvalue weighted by Crippen LogP contribution is -2.56. The molecule has 11 heteroatoms. The number of carbonyl (C=O) groups excluding carboxylic acids is 5. The Labute approximate surface area is 285 Å². The lowest BCUT2D eigenvalue weighted by Gasteiger charge is -2.26. The first-order chi connectivity index (χ1) is 22.8. The maximum Gasteiger partial charge on any atom is 0.407 e. The van der Waals surface area contributed by atoms with Gasteiger partial charge in [-0.3, -0.25) is 14.4 Å². The van der Waals surface area contributed by atoms with E-state index in [9.17, 15) is 24.0 Å². The maximum atomic E-state index is 13.7. The molecule has 0 fully saturated rings. The molecule has 4 N–H and O–H groups in total. The van der Waals surface area contributed by atoms with Crippen LogP contribution in [0.25, 0.3) is 0 Å². The van der Waals surface area contributed by atoms with Crippen molar-refractivity contribution in [2.24, 2.45) is 5.92 Å². The van der Waals surface area contributed by atoms with Gasteiger partial charge in [0.2, 0.25) is 17.7 Å². The van der Waals surface area contributed by atoms with Gasteiger partial charge < -0.3 is 30.7 Å². The molecule has 0 heterocycles. The summed E-state index contributed by atoms with van der Waals surface area (Å²) in [6.07, 6.45) is 3.54. The SMILES string of the molecule is COC(=O)[C@H](Cc1ccccc1)NC(=O)[C@H](CC(C)C)NC(=O)[C@H](Cc1ccccc1)NC(=O)CCCCCCNC(=O)OC(C)(C)C. The zero-order chi connectivity index (χ0) is 35.5. The topological polar surface area (TPSA) is 152 Å². The summed E-state index contributed by atoms with van der Waals surface area (Å²) in [4.78, 5) is 64.6. The van der Waals surface area contributed by atoms with Crippen molar-refractivity contribution in [2.75, 3.05) is 13.7 Å². The van der Waals surface area contributed by atoms with Gasteiger partial charge in [-0.25, -0.2) is 9.59 Å². The fourth-order valence-corrected chi connectivity index (χ4v) is 5.03. The van der Waals surface area contributed by atoms with E-state index in [0.717, 1.165) is 30.4 Å². The molecule has 2 aromatic carbocycles. The van der Waals surface area contributed by atoms with E-state index in [1.54, 1.807) is 0 Å². The molecule has 0 aromatic heterocycles. The number of nitrogens with one attached hydrogen (secondary N) is 4. The summed E-state index contributed by atoms with van der Waals surface area (Å²) in [7, 11) is 1.26. The summed E-state index contributed by atoms with van der Waals surface area (Å²) in [6.45, 7) is 9.78. The molecule has 3 atom stereocenters. The fraction of sp³-hybridized carbons (Fsp3) is 0.541. The summed E-state index contributed by atoms with van der Waals surface area (Å²) in [5.41, 5.74) is 1.15. The lowest BCUT2D eigenvalue weighted by atomic mass is 10.00. The van der Waals surface area contributed by atoms with E-state index < -0.39 is 47.6 Å². The molecule has 0 aliphatic heterocycles. The van der Waals surface area contributed by atoms with E-state index in [0.29, 0.717) is 19.4 Å². The van der Waals surface area contributed by atoms with Crippen molar-refractivity contribution >= 4 is 29.8 Å². The molecule has 11 nitrogen and oxygen atoms in total. The maximum absolute atomic E-state index is 13.7. The highest BCUT2D eigenvalue weighted by Crippen LogP contribution is 2.11. The minimum Gasteiger partial charge on any atom is -0.467 e. The van der Waals surface area contributed by atoms with Gasteiger partial charge in [-0.1, -0.05) is 87.4 Å². The van der Waals surface area contributed by atoms with Crippen molar-refractivity contribution in [1.82, 2.24) is 21.3 Å². The summed E-state index contributed by atoms with van der Waals surface area (Å²) in [5.74, 6) is -1.80. The molecular weight excluding hydrogens is 612 g/mol. The van der Waals surface area contributed by atoms with Crippen LogP contribution in [0.1, 0.15) is 84.3 Å². The van der Waals surface area contributed by atoms with Crippen molar-refractivity contribution < 1.29 is 33.4 Å². The first-order valence-electron chi connectivity index (χ1n) is 16.8. The van der Waals surface area contributed by atoms with E-state index in [4.69, 9.17) is 9.47 Å². The molecule has 0 spiro atoms. The Morgan fingerprint density at radius 1 is 0.688 bits per heavy atom. The Morgan fingerprint density at radius 3 is 1.75 bits per heavy atom. The van der Waals surface area contributed by atoms with Crippen LogP contribution >= 0.6 is 0 Å². The second-order valence-corrected chi connectivity index (χ2v) is 13.4. The summed E-state index contributed by atoms with van der Waals surface area (Å²) < 4.78 is 10.2. The normalized spacial score (nSPS) is 13.1. The number of rotatable bonds is 19. The molecule has 0 aliphatic rings. The van der Waals surface area contributed by atoms with Gasteiger partial charge in [0.1, 0.15) is 23.7 Å². The second kappa shape index (κ2) is 20.7. The molecular formula is C37H54N4O7. The second-order valence-electron chi connectivity index (χ2n) is 13.4. The first-order valence-corrected chi connectivity index (χ1v) is 16.8. The van der Waals surface area contributed by atoms with Gasteiger partial charge in [0, 0.05) is 25.8 Å². The molecule has 0 unspecified atom stereocenters.